The molecule has 0 radical (unpaired) electrons. The molecule has 0 spiro atoms. The SMILES string of the molecule is CC(C)(C)OC(=O)c1ncn(-c2ccccc2)c1C(=O)OC(C)(C)C. The van der Waals surface area contributed by atoms with E-state index in [4.69, 9.17) is 9.47 Å². The van der Waals surface area contributed by atoms with Gasteiger partial charge in [-0.05, 0) is 53.7 Å². The van der Waals surface area contributed by atoms with Crippen LogP contribution in [0.5, 0.6) is 0 Å². The average molecular weight is 344 g/mol. The van der Waals surface area contributed by atoms with E-state index in [1.165, 1.54) is 10.9 Å². The van der Waals surface area contributed by atoms with Gasteiger partial charge in [-0.2, -0.15) is 0 Å². The van der Waals surface area contributed by atoms with E-state index in [-0.39, 0.29) is 11.4 Å². The molecule has 1 aromatic heterocycles. The molecule has 0 N–H and O–H groups in total. The number of imidazole rings is 1. The molecule has 1 aromatic carbocycles. The van der Waals surface area contributed by atoms with E-state index in [0.717, 1.165) is 0 Å². The maximum absolute atomic E-state index is 12.7. The van der Waals surface area contributed by atoms with E-state index in [2.05, 4.69) is 4.98 Å². The number of hydrogen-bond acceptors (Lipinski definition) is 5. The van der Waals surface area contributed by atoms with Crippen molar-refractivity contribution in [2.45, 2.75) is 52.7 Å². The molecule has 0 bridgehead atoms. The largest absolute Gasteiger partial charge is 0.455 e. The molecule has 0 fully saturated rings. The van der Waals surface area contributed by atoms with Gasteiger partial charge in [0.2, 0.25) is 0 Å². The molecule has 6 nitrogen and oxygen atoms in total. The number of para-hydroxylation sites is 1. The number of ether oxygens (including phenoxy) is 2. The number of hydrogen-bond donors (Lipinski definition) is 0. The molecule has 6 heteroatoms. The van der Waals surface area contributed by atoms with Crippen molar-refractivity contribution in [2.75, 3.05) is 0 Å². The Morgan fingerprint density at radius 3 is 1.92 bits per heavy atom. The summed E-state index contributed by atoms with van der Waals surface area (Å²) in [4.78, 5) is 29.3. The first kappa shape index (κ1) is 18.7. The fourth-order valence-corrected chi connectivity index (χ4v) is 2.13. The maximum Gasteiger partial charge on any atom is 0.360 e. The van der Waals surface area contributed by atoms with Crippen LogP contribution in [0.15, 0.2) is 36.7 Å². The summed E-state index contributed by atoms with van der Waals surface area (Å²) >= 11 is 0. The second kappa shape index (κ2) is 6.70. The lowest BCUT2D eigenvalue weighted by Gasteiger charge is -2.21. The first-order chi connectivity index (χ1) is 11.5. The molecule has 0 aliphatic heterocycles. The van der Waals surface area contributed by atoms with Crippen molar-refractivity contribution in [1.82, 2.24) is 9.55 Å². The Balaban J connectivity index is 2.52. The van der Waals surface area contributed by atoms with Crippen LogP contribution in [0.1, 0.15) is 62.5 Å². The van der Waals surface area contributed by atoms with Crippen LogP contribution >= 0.6 is 0 Å². The number of rotatable bonds is 3. The third-order valence-electron chi connectivity index (χ3n) is 2.99. The molecule has 1 heterocycles. The Morgan fingerprint density at radius 1 is 0.880 bits per heavy atom. The number of benzene rings is 1. The predicted octanol–water partition coefficient (Wildman–Crippen LogP) is 3.78. The molecule has 0 amide bonds. The van der Waals surface area contributed by atoms with Gasteiger partial charge in [0.1, 0.15) is 17.5 Å². The number of carbonyl (C=O) groups excluding carboxylic acids is 2. The predicted molar refractivity (Wildman–Crippen MR) is 93.9 cm³/mol. The van der Waals surface area contributed by atoms with E-state index in [9.17, 15) is 9.59 Å². The van der Waals surface area contributed by atoms with Crippen LogP contribution in [0, 0.1) is 0 Å². The molecule has 0 unspecified atom stereocenters. The third kappa shape index (κ3) is 4.92. The summed E-state index contributed by atoms with van der Waals surface area (Å²) in [5, 5.41) is 0. The van der Waals surface area contributed by atoms with Gasteiger partial charge in [0.15, 0.2) is 11.4 Å². The highest BCUT2D eigenvalue weighted by atomic mass is 16.6. The van der Waals surface area contributed by atoms with Crippen LogP contribution in [0.4, 0.5) is 0 Å². The standard InChI is InChI=1S/C19H24N2O4/c1-18(2,3)24-16(22)14-15(17(23)25-19(4,5)6)21(12-20-14)13-10-8-7-9-11-13/h7-12H,1-6H3. The Hall–Kier alpha value is -2.63. The van der Waals surface area contributed by atoms with Crippen molar-refractivity contribution in [3.63, 3.8) is 0 Å². The molecule has 0 saturated heterocycles. The number of carbonyl (C=O) groups is 2. The van der Waals surface area contributed by atoms with E-state index in [1.54, 1.807) is 41.5 Å². The van der Waals surface area contributed by atoms with Crippen molar-refractivity contribution >= 4 is 11.9 Å². The second-order valence-corrected chi connectivity index (χ2v) is 7.65. The van der Waals surface area contributed by atoms with Gasteiger partial charge in [-0.3, -0.25) is 4.57 Å². The molecular formula is C19H24N2O4. The van der Waals surface area contributed by atoms with Gasteiger partial charge in [0, 0.05) is 5.69 Å². The minimum atomic E-state index is -0.700. The van der Waals surface area contributed by atoms with E-state index in [0.29, 0.717) is 5.69 Å². The van der Waals surface area contributed by atoms with Crippen LogP contribution in [0.25, 0.3) is 5.69 Å². The number of aromatic nitrogens is 2. The Bertz CT molecular complexity index is 765. The maximum atomic E-state index is 12.7. The van der Waals surface area contributed by atoms with Gasteiger partial charge in [-0.25, -0.2) is 14.6 Å². The Morgan fingerprint density at radius 2 is 1.40 bits per heavy atom. The zero-order chi connectivity index (χ0) is 18.8. The summed E-state index contributed by atoms with van der Waals surface area (Å²) in [5.74, 6) is -1.29. The summed E-state index contributed by atoms with van der Waals surface area (Å²) in [6.07, 6.45) is 1.42. The van der Waals surface area contributed by atoms with Gasteiger partial charge in [-0.1, -0.05) is 18.2 Å². The molecule has 0 aliphatic carbocycles. The highest BCUT2D eigenvalue weighted by Crippen LogP contribution is 2.21. The topological polar surface area (TPSA) is 70.4 Å². The molecule has 0 aliphatic rings. The lowest BCUT2D eigenvalue weighted by molar-refractivity contribution is 0.000944. The van der Waals surface area contributed by atoms with Crippen molar-refractivity contribution in [3.8, 4) is 5.69 Å². The van der Waals surface area contributed by atoms with E-state index >= 15 is 0 Å². The highest BCUT2D eigenvalue weighted by Gasteiger charge is 2.31. The Labute approximate surface area is 147 Å². The van der Waals surface area contributed by atoms with Crippen molar-refractivity contribution in [3.05, 3.63) is 48.0 Å². The lowest BCUT2D eigenvalue weighted by Crippen LogP contribution is -2.29. The summed E-state index contributed by atoms with van der Waals surface area (Å²) in [6, 6.07) is 9.16. The molecule has 2 aromatic rings. The van der Waals surface area contributed by atoms with Crippen molar-refractivity contribution in [2.24, 2.45) is 0 Å². The van der Waals surface area contributed by atoms with Gasteiger partial charge < -0.3 is 9.47 Å². The van der Waals surface area contributed by atoms with E-state index < -0.39 is 23.1 Å². The quantitative estimate of drug-likeness (QED) is 0.793. The van der Waals surface area contributed by atoms with Crippen LogP contribution < -0.4 is 0 Å². The third-order valence-corrected chi connectivity index (χ3v) is 2.99. The van der Waals surface area contributed by atoms with Gasteiger partial charge in [0.25, 0.3) is 0 Å². The summed E-state index contributed by atoms with van der Waals surface area (Å²) in [5.41, 5.74) is -0.707. The zero-order valence-corrected chi connectivity index (χ0v) is 15.5. The molecular weight excluding hydrogens is 320 g/mol. The molecule has 0 saturated carbocycles. The number of esters is 2. The second-order valence-electron chi connectivity index (χ2n) is 7.65. The minimum absolute atomic E-state index is 0.0513. The van der Waals surface area contributed by atoms with Crippen molar-refractivity contribution < 1.29 is 19.1 Å². The first-order valence-electron chi connectivity index (χ1n) is 8.07. The molecule has 134 valence electrons. The van der Waals surface area contributed by atoms with Crippen LogP contribution in [0.3, 0.4) is 0 Å². The van der Waals surface area contributed by atoms with E-state index in [1.807, 2.05) is 30.3 Å². The molecule has 25 heavy (non-hydrogen) atoms. The lowest BCUT2D eigenvalue weighted by atomic mass is 10.2. The first-order valence-corrected chi connectivity index (χ1v) is 8.07. The average Bonchev–Trinajstić information content (AvgIpc) is 2.89. The normalized spacial score (nSPS) is 11.9. The van der Waals surface area contributed by atoms with Gasteiger partial charge >= 0.3 is 11.9 Å². The van der Waals surface area contributed by atoms with Crippen LogP contribution in [-0.2, 0) is 9.47 Å². The number of nitrogens with zero attached hydrogens (tertiary/aromatic N) is 2. The zero-order valence-electron chi connectivity index (χ0n) is 15.5. The molecule has 0 atom stereocenters. The van der Waals surface area contributed by atoms with Crippen molar-refractivity contribution in [1.29, 1.82) is 0 Å². The summed E-state index contributed by atoms with van der Waals surface area (Å²) in [7, 11) is 0. The van der Waals surface area contributed by atoms with Gasteiger partial charge in [-0.15, -0.1) is 0 Å². The smallest absolute Gasteiger partial charge is 0.360 e. The Kier molecular flexibility index (Phi) is 5.02. The highest BCUT2D eigenvalue weighted by molar-refractivity contribution is 6.01. The monoisotopic (exact) mass is 344 g/mol. The van der Waals surface area contributed by atoms with Gasteiger partial charge in [0.05, 0.1) is 0 Å². The molecule has 2 rings (SSSR count). The fourth-order valence-electron chi connectivity index (χ4n) is 2.13. The summed E-state index contributed by atoms with van der Waals surface area (Å²) in [6.45, 7) is 10.6. The minimum Gasteiger partial charge on any atom is -0.455 e. The van der Waals surface area contributed by atoms with Crippen LogP contribution in [-0.4, -0.2) is 32.7 Å². The van der Waals surface area contributed by atoms with Crippen LogP contribution in [0.2, 0.25) is 0 Å². The summed E-state index contributed by atoms with van der Waals surface area (Å²) < 4.78 is 12.4. The fraction of sp³-hybridized carbons (Fsp3) is 0.421.